The van der Waals surface area contributed by atoms with Crippen LogP contribution in [0.1, 0.15) is 25.7 Å². The van der Waals surface area contributed by atoms with Crippen LogP contribution in [-0.2, 0) is 0 Å². The van der Waals surface area contributed by atoms with Gasteiger partial charge in [-0.25, -0.2) is 0 Å². The van der Waals surface area contributed by atoms with Crippen molar-refractivity contribution in [3.63, 3.8) is 0 Å². The Morgan fingerprint density at radius 2 is 2.19 bits per heavy atom. The van der Waals surface area contributed by atoms with E-state index in [4.69, 9.17) is 6.42 Å². The van der Waals surface area contributed by atoms with Crippen molar-refractivity contribution in [2.45, 2.75) is 37.8 Å². The second-order valence-corrected chi connectivity index (χ2v) is 4.83. The standard InChI is InChI=1S/C13H24N2O/c1-4-5-6-8-13(16)12-11-14(2)9-7-10-15(12)3/h1,12-13,16H,5-11H2,2-3H3. The molecule has 1 saturated heterocycles. The maximum atomic E-state index is 10.2. The number of hydrogen-bond donors (Lipinski definition) is 1. The van der Waals surface area contributed by atoms with E-state index in [0.717, 1.165) is 38.9 Å². The summed E-state index contributed by atoms with van der Waals surface area (Å²) >= 11 is 0. The summed E-state index contributed by atoms with van der Waals surface area (Å²) in [4.78, 5) is 4.59. The summed E-state index contributed by atoms with van der Waals surface area (Å²) in [6.45, 7) is 3.15. The molecule has 3 nitrogen and oxygen atoms in total. The highest BCUT2D eigenvalue weighted by atomic mass is 16.3. The normalized spacial score (nSPS) is 26.0. The van der Waals surface area contributed by atoms with Gasteiger partial charge in [0.2, 0.25) is 0 Å². The highest BCUT2D eigenvalue weighted by Gasteiger charge is 2.26. The maximum Gasteiger partial charge on any atom is 0.0708 e. The molecule has 16 heavy (non-hydrogen) atoms. The average Bonchev–Trinajstić information content (AvgIpc) is 2.41. The van der Waals surface area contributed by atoms with Crippen LogP contribution in [0.4, 0.5) is 0 Å². The van der Waals surface area contributed by atoms with Crippen molar-refractivity contribution in [2.24, 2.45) is 0 Å². The Kier molecular flexibility index (Phi) is 5.83. The number of nitrogens with zero attached hydrogens (tertiary/aromatic N) is 2. The number of likely N-dealkylation sites (N-methyl/N-ethyl adjacent to an activating group) is 2. The summed E-state index contributed by atoms with van der Waals surface area (Å²) in [5.74, 6) is 2.62. The summed E-state index contributed by atoms with van der Waals surface area (Å²) in [5, 5.41) is 10.2. The number of aliphatic hydroxyl groups is 1. The summed E-state index contributed by atoms with van der Waals surface area (Å²) in [6.07, 6.45) is 8.65. The van der Waals surface area contributed by atoms with Gasteiger partial charge in [-0.1, -0.05) is 0 Å². The smallest absolute Gasteiger partial charge is 0.0708 e. The Morgan fingerprint density at radius 1 is 1.44 bits per heavy atom. The van der Waals surface area contributed by atoms with Crippen molar-refractivity contribution in [3.05, 3.63) is 0 Å². The van der Waals surface area contributed by atoms with E-state index in [2.05, 4.69) is 29.8 Å². The molecule has 0 amide bonds. The SMILES string of the molecule is C#CCCCC(O)C1CN(C)CCCN1C. The second kappa shape index (κ2) is 6.90. The van der Waals surface area contributed by atoms with E-state index in [1.54, 1.807) is 0 Å². The Labute approximate surface area is 99.4 Å². The van der Waals surface area contributed by atoms with E-state index in [9.17, 15) is 5.11 Å². The lowest BCUT2D eigenvalue weighted by Gasteiger charge is -2.31. The molecule has 1 aliphatic heterocycles. The monoisotopic (exact) mass is 224 g/mol. The summed E-state index contributed by atoms with van der Waals surface area (Å²) in [7, 11) is 4.23. The summed E-state index contributed by atoms with van der Waals surface area (Å²) in [5.41, 5.74) is 0. The highest BCUT2D eigenvalue weighted by molar-refractivity contribution is 4.86. The third-order valence-corrected chi connectivity index (χ3v) is 3.38. The van der Waals surface area contributed by atoms with Crippen molar-refractivity contribution in [1.29, 1.82) is 0 Å². The minimum atomic E-state index is -0.251. The Bertz CT molecular complexity index is 237. The van der Waals surface area contributed by atoms with Gasteiger partial charge in [-0.05, 0) is 46.4 Å². The van der Waals surface area contributed by atoms with Gasteiger partial charge in [-0.2, -0.15) is 0 Å². The molecule has 1 aliphatic rings. The zero-order valence-electron chi connectivity index (χ0n) is 10.5. The van der Waals surface area contributed by atoms with Crippen LogP contribution in [0.2, 0.25) is 0 Å². The van der Waals surface area contributed by atoms with E-state index in [-0.39, 0.29) is 12.1 Å². The van der Waals surface area contributed by atoms with Crippen LogP contribution in [-0.4, -0.2) is 60.8 Å². The van der Waals surface area contributed by atoms with Crippen LogP contribution in [0, 0.1) is 12.3 Å². The molecule has 0 aromatic carbocycles. The topological polar surface area (TPSA) is 26.7 Å². The first-order valence-electron chi connectivity index (χ1n) is 6.15. The molecule has 1 N–H and O–H groups in total. The fourth-order valence-electron chi connectivity index (χ4n) is 2.33. The molecule has 2 atom stereocenters. The zero-order chi connectivity index (χ0) is 12.0. The summed E-state index contributed by atoms with van der Waals surface area (Å²) < 4.78 is 0. The Hall–Kier alpha value is -0.560. The van der Waals surface area contributed by atoms with Crippen molar-refractivity contribution in [3.8, 4) is 12.3 Å². The summed E-state index contributed by atoms with van der Waals surface area (Å²) in [6, 6.07) is 0.255. The molecule has 0 saturated carbocycles. The molecular weight excluding hydrogens is 200 g/mol. The van der Waals surface area contributed by atoms with Crippen molar-refractivity contribution >= 4 is 0 Å². The third kappa shape index (κ3) is 4.13. The molecule has 0 aromatic rings. The minimum absolute atomic E-state index is 0.251. The predicted molar refractivity (Wildman–Crippen MR) is 67.2 cm³/mol. The molecule has 0 spiro atoms. The first-order chi connectivity index (χ1) is 7.65. The molecule has 1 fully saturated rings. The largest absolute Gasteiger partial charge is 0.391 e. The van der Waals surface area contributed by atoms with Crippen LogP contribution in [0.15, 0.2) is 0 Å². The lowest BCUT2D eigenvalue weighted by Crippen LogP contribution is -2.46. The minimum Gasteiger partial charge on any atom is -0.391 e. The molecule has 2 unspecified atom stereocenters. The fraction of sp³-hybridized carbons (Fsp3) is 0.846. The number of terminal acetylenes is 1. The van der Waals surface area contributed by atoms with Gasteiger partial charge in [0.25, 0.3) is 0 Å². The highest BCUT2D eigenvalue weighted by Crippen LogP contribution is 2.14. The lowest BCUT2D eigenvalue weighted by molar-refractivity contribution is 0.0509. The van der Waals surface area contributed by atoms with Gasteiger partial charge < -0.3 is 10.0 Å². The molecule has 0 radical (unpaired) electrons. The maximum absolute atomic E-state index is 10.2. The van der Waals surface area contributed by atoms with Gasteiger partial charge >= 0.3 is 0 Å². The van der Waals surface area contributed by atoms with Crippen LogP contribution >= 0.6 is 0 Å². The molecule has 92 valence electrons. The molecule has 0 aromatic heterocycles. The van der Waals surface area contributed by atoms with E-state index < -0.39 is 0 Å². The van der Waals surface area contributed by atoms with E-state index in [1.165, 1.54) is 6.42 Å². The Balaban J connectivity index is 2.44. The molecule has 0 aliphatic carbocycles. The van der Waals surface area contributed by atoms with Crippen LogP contribution in [0.25, 0.3) is 0 Å². The number of aliphatic hydroxyl groups excluding tert-OH is 1. The molecular formula is C13H24N2O. The molecule has 1 heterocycles. The van der Waals surface area contributed by atoms with Crippen molar-refractivity contribution in [1.82, 2.24) is 9.80 Å². The van der Waals surface area contributed by atoms with Crippen LogP contribution in [0.5, 0.6) is 0 Å². The van der Waals surface area contributed by atoms with Crippen molar-refractivity contribution < 1.29 is 5.11 Å². The fourth-order valence-corrected chi connectivity index (χ4v) is 2.33. The van der Waals surface area contributed by atoms with Crippen LogP contribution < -0.4 is 0 Å². The first-order valence-corrected chi connectivity index (χ1v) is 6.15. The van der Waals surface area contributed by atoms with E-state index in [1.807, 2.05) is 0 Å². The van der Waals surface area contributed by atoms with Gasteiger partial charge in [0.15, 0.2) is 0 Å². The lowest BCUT2D eigenvalue weighted by atomic mass is 10.0. The second-order valence-electron chi connectivity index (χ2n) is 4.83. The number of unbranched alkanes of at least 4 members (excludes halogenated alkanes) is 1. The molecule has 3 heteroatoms. The van der Waals surface area contributed by atoms with Gasteiger partial charge in [0.1, 0.15) is 0 Å². The zero-order valence-corrected chi connectivity index (χ0v) is 10.5. The van der Waals surface area contributed by atoms with Gasteiger partial charge in [0.05, 0.1) is 6.10 Å². The van der Waals surface area contributed by atoms with E-state index in [0.29, 0.717) is 0 Å². The van der Waals surface area contributed by atoms with Gasteiger partial charge in [-0.15, -0.1) is 12.3 Å². The van der Waals surface area contributed by atoms with Crippen molar-refractivity contribution in [2.75, 3.05) is 33.7 Å². The average molecular weight is 224 g/mol. The first kappa shape index (κ1) is 13.5. The molecule has 1 rings (SSSR count). The quantitative estimate of drug-likeness (QED) is 0.565. The number of rotatable bonds is 4. The molecule has 0 bridgehead atoms. The third-order valence-electron chi connectivity index (χ3n) is 3.38. The van der Waals surface area contributed by atoms with Gasteiger partial charge in [0, 0.05) is 19.0 Å². The van der Waals surface area contributed by atoms with Gasteiger partial charge in [-0.3, -0.25) is 4.90 Å². The van der Waals surface area contributed by atoms with E-state index >= 15 is 0 Å². The van der Waals surface area contributed by atoms with Crippen LogP contribution in [0.3, 0.4) is 0 Å². The predicted octanol–water partition coefficient (Wildman–Crippen LogP) is 0.787. The Morgan fingerprint density at radius 3 is 2.88 bits per heavy atom. The number of hydrogen-bond acceptors (Lipinski definition) is 3.